The molecule has 0 fully saturated rings. The van der Waals surface area contributed by atoms with Gasteiger partial charge in [0.25, 0.3) is 0 Å². The van der Waals surface area contributed by atoms with Gasteiger partial charge in [-0.25, -0.2) is 14.8 Å². The summed E-state index contributed by atoms with van der Waals surface area (Å²) in [6.07, 6.45) is 0. The van der Waals surface area contributed by atoms with Crippen molar-refractivity contribution in [3.8, 4) is 17.3 Å². The molecule has 34 heavy (non-hydrogen) atoms. The fraction of sp³-hybridized carbons (Fsp3) is 0.0417. The van der Waals surface area contributed by atoms with Gasteiger partial charge < -0.3 is 20.1 Å². The molecule has 0 aliphatic carbocycles. The first-order valence-electron chi connectivity index (χ1n) is 10.1. The van der Waals surface area contributed by atoms with Crippen molar-refractivity contribution in [2.24, 2.45) is 0 Å². The van der Waals surface area contributed by atoms with Crippen LogP contribution in [0.5, 0.6) is 5.75 Å². The van der Waals surface area contributed by atoms with E-state index in [1.165, 1.54) is 11.3 Å². The average Bonchev–Trinajstić information content (AvgIpc) is 3.46. The molecule has 0 radical (unpaired) electrons. The zero-order chi connectivity index (χ0) is 23.7. The molecule has 0 unspecified atom stereocenters. The number of hydrogen-bond acceptors (Lipinski definition) is 6. The van der Waals surface area contributed by atoms with E-state index < -0.39 is 5.97 Å². The summed E-state index contributed by atoms with van der Waals surface area (Å²) in [6.45, 7) is 0.359. The number of ether oxygens (including phenoxy) is 1. The minimum Gasteiger partial charge on any atom is -0.489 e. The lowest BCUT2D eigenvalue weighted by atomic mass is 10.2. The Hall–Kier alpha value is -3.59. The number of anilines is 2. The van der Waals surface area contributed by atoms with Crippen molar-refractivity contribution < 1.29 is 14.6 Å². The second-order valence-corrected chi connectivity index (χ2v) is 9.02. The number of aromatic carboxylic acids is 1. The van der Waals surface area contributed by atoms with E-state index in [4.69, 9.17) is 33.0 Å². The topological polar surface area (TPSA) is 100 Å². The summed E-state index contributed by atoms with van der Waals surface area (Å²) in [5, 5.41) is 15.8. The van der Waals surface area contributed by atoms with Gasteiger partial charge in [0.1, 0.15) is 18.1 Å². The third-order valence-corrected chi connectivity index (χ3v) is 6.47. The quantitative estimate of drug-likeness (QED) is 0.217. The third kappa shape index (κ3) is 4.84. The maximum Gasteiger partial charge on any atom is 0.335 e. The number of nitrogens with one attached hydrogen (secondary N) is 2. The third-order valence-electron chi connectivity index (χ3n) is 4.97. The van der Waals surface area contributed by atoms with Crippen LogP contribution >= 0.6 is 34.5 Å². The summed E-state index contributed by atoms with van der Waals surface area (Å²) in [5.74, 6) is 0.372. The molecule has 3 N–H and O–H groups in total. The number of H-pyrrole nitrogens is 1. The number of carboxylic acids is 1. The first kappa shape index (κ1) is 22.2. The average molecular weight is 511 g/mol. The Balaban J connectivity index is 1.29. The van der Waals surface area contributed by atoms with Gasteiger partial charge >= 0.3 is 5.97 Å². The Morgan fingerprint density at radius 2 is 1.85 bits per heavy atom. The molecule has 0 amide bonds. The van der Waals surface area contributed by atoms with Gasteiger partial charge in [0.15, 0.2) is 11.0 Å². The standard InChI is InChI=1S/C24H16Cl2N4O3S/c25-17-7-1-13(9-18(17)26)11-33-16-6-8-19-20(10-16)29-22(28-19)21-12-34-24(30-21)27-15-4-2-14(3-5-15)23(31)32/h1-10,12H,11H2,(H,27,30)(H,28,29)(H,31,32). The van der Waals surface area contributed by atoms with Gasteiger partial charge in [0.2, 0.25) is 0 Å². The molecule has 0 saturated carbocycles. The molecule has 0 bridgehead atoms. The molecule has 0 saturated heterocycles. The number of fused-ring (bicyclic) bond motifs is 1. The van der Waals surface area contributed by atoms with Crippen LogP contribution in [0.2, 0.25) is 10.0 Å². The minimum atomic E-state index is -0.962. The molecule has 2 heterocycles. The maximum absolute atomic E-state index is 11.0. The van der Waals surface area contributed by atoms with E-state index in [1.807, 2.05) is 29.6 Å². The van der Waals surface area contributed by atoms with Crippen molar-refractivity contribution in [3.63, 3.8) is 0 Å². The SMILES string of the molecule is O=C(O)c1ccc(Nc2nc(-c3nc4ccc(OCc5ccc(Cl)c(Cl)c5)cc4[nH]3)cs2)cc1. The highest BCUT2D eigenvalue weighted by molar-refractivity contribution is 7.14. The van der Waals surface area contributed by atoms with Crippen molar-refractivity contribution in [1.29, 1.82) is 0 Å². The smallest absolute Gasteiger partial charge is 0.335 e. The molecule has 0 spiro atoms. The number of hydrogen-bond donors (Lipinski definition) is 3. The van der Waals surface area contributed by atoms with E-state index in [1.54, 1.807) is 36.4 Å². The normalized spacial score (nSPS) is 11.0. The molecule has 3 aromatic carbocycles. The van der Waals surface area contributed by atoms with Gasteiger partial charge in [0.05, 0.1) is 26.6 Å². The molecule has 170 valence electrons. The summed E-state index contributed by atoms with van der Waals surface area (Å²) in [7, 11) is 0. The predicted molar refractivity (Wildman–Crippen MR) is 135 cm³/mol. The molecule has 5 aromatic rings. The molecule has 7 nitrogen and oxygen atoms in total. The fourth-order valence-electron chi connectivity index (χ4n) is 3.26. The number of thiazole rings is 1. The molecular weight excluding hydrogens is 495 g/mol. The van der Waals surface area contributed by atoms with E-state index in [0.717, 1.165) is 22.3 Å². The Morgan fingerprint density at radius 3 is 2.62 bits per heavy atom. The minimum absolute atomic E-state index is 0.230. The van der Waals surface area contributed by atoms with E-state index in [-0.39, 0.29) is 5.56 Å². The van der Waals surface area contributed by atoms with Crippen molar-refractivity contribution >= 4 is 62.4 Å². The summed E-state index contributed by atoms with van der Waals surface area (Å²) in [5.41, 5.74) is 4.22. The molecular formula is C24H16Cl2N4O3S. The van der Waals surface area contributed by atoms with Crippen molar-refractivity contribution in [2.75, 3.05) is 5.32 Å². The number of carbonyl (C=O) groups is 1. The van der Waals surface area contributed by atoms with Gasteiger partial charge in [-0.2, -0.15) is 0 Å². The van der Waals surface area contributed by atoms with Crippen LogP contribution in [-0.4, -0.2) is 26.0 Å². The molecule has 5 rings (SSSR count). The van der Waals surface area contributed by atoms with Crippen molar-refractivity contribution in [1.82, 2.24) is 15.0 Å². The van der Waals surface area contributed by atoms with Gasteiger partial charge in [-0.1, -0.05) is 29.3 Å². The van der Waals surface area contributed by atoms with Crippen molar-refractivity contribution in [2.45, 2.75) is 6.61 Å². The summed E-state index contributed by atoms with van der Waals surface area (Å²) in [4.78, 5) is 23.5. The predicted octanol–water partition coefficient (Wildman–Crippen LogP) is 7.01. The Kier molecular flexibility index (Phi) is 6.10. The monoisotopic (exact) mass is 510 g/mol. The lowest BCUT2D eigenvalue weighted by Crippen LogP contribution is -1.96. The molecule has 0 aliphatic rings. The molecule has 0 aliphatic heterocycles. The number of aromatic amines is 1. The van der Waals surface area contributed by atoms with Crippen LogP contribution < -0.4 is 10.1 Å². The van der Waals surface area contributed by atoms with Gasteiger partial charge in [-0.3, -0.25) is 0 Å². The second kappa shape index (κ2) is 9.34. The Bertz CT molecular complexity index is 1500. The highest BCUT2D eigenvalue weighted by atomic mass is 35.5. The summed E-state index contributed by atoms with van der Waals surface area (Å²) in [6, 6.07) is 17.5. The van der Waals surface area contributed by atoms with Crippen LogP contribution in [0.25, 0.3) is 22.6 Å². The van der Waals surface area contributed by atoms with Crippen LogP contribution in [0.3, 0.4) is 0 Å². The first-order valence-corrected chi connectivity index (χ1v) is 11.7. The van der Waals surface area contributed by atoms with E-state index >= 15 is 0 Å². The number of benzene rings is 3. The molecule has 2 aromatic heterocycles. The van der Waals surface area contributed by atoms with Gasteiger partial charge in [-0.15, -0.1) is 11.3 Å². The summed E-state index contributed by atoms with van der Waals surface area (Å²) < 4.78 is 5.89. The van der Waals surface area contributed by atoms with Crippen molar-refractivity contribution in [3.05, 3.63) is 87.2 Å². The van der Waals surface area contributed by atoms with Crippen LogP contribution in [0.4, 0.5) is 10.8 Å². The Morgan fingerprint density at radius 1 is 1.03 bits per heavy atom. The van der Waals surface area contributed by atoms with E-state index in [9.17, 15) is 4.79 Å². The number of halogens is 2. The maximum atomic E-state index is 11.0. The van der Waals surface area contributed by atoms with Crippen LogP contribution in [0, 0.1) is 0 Å². The van der Waals surface area contributed by atoms with Crippen LogP contribution in [0.1, 0.15) is 15.9 Å². The second-order valence-electron chi connectivity index (χ2n) is 7.35. The number of carboxylic acid groups (broad SMARTS) is 1. The highest BCUT2D eigenvalue weighted by Gasteiger charge is 2.11. The molecule has 10 heteroatoms. The van der Waals surface area contributed by atoms with Crippen LogP contribution in [0.15, 0.2) is 66.0 Å². The number of rotatable bonds is 7. The summed E-state index contributed by atoms with van der Waals surface area (Å²) >= 11 is 13.5. The zero-order valence-electron chi connectivity index (χ0n) is 17.4. The van der Waals surface area contributed by atoms with Gasteiger partial charge in [0, 0.05) is 17.1 Å². The van der Waals surface area contributed by atoms with Crippen LogP contribution in [-0.2, 0) is 6.61 Å². The van der Waals surface area contributed by atoms with E-state index in [0.29, 0.717) is 39.1 Å². The largest absolute Gasteiger partial charge is 0.489 e. The lowest BCUT2D eigenvalue weighted by Gasteiger charge is -2.07. The first-order chi connectivity index (χ1) is 16.4. The Labute approximate surface area is 208 Å². The van der Waals surface area contributed by atoms with Gasteiger partial charge in [-0.05, 0) is 54.1 Å². The number of imidazole rings is 1. The fourth-order valence-corrected chi connectivity index (χ4v) is 4.29. The highest BCUT2D eigenvalue weighted by Crippen LogP contribution is 2.29. The molecule has 0 atom stereocenters. The van der Waals surface area contributed by atoms with E-state index in [2.05, 4.69) is 20.3 Å². The number of nitrogens with zero attached hydrogens (tertiary/aromatic N) is 2. The lowest BCUT2D eigenvalue weighted by molar-refractivity contribution is 0.0697. The number of aromatic nitrogens is 3. The zero-order valence-corrected chi connectivity index (χ0v) is 19.7.